The average molecular weight is 311 g/mol. The molecule has 1 aromatic carbocycles. The van der Waals surface area contributed by atoms with Gasteiger partial charge in [0.1, 0.15) is 0 Å². The highest BCUT2D eigenvalue weighted by molar-refractivity contribution is 5.94. The van der Waals surface area contributed by atoms with Crippen molar-refractivity contribution in [2.45, 2.75) is 27.3 Å². The number of amides is 1. The monoisotopic (exact) mass is 311 g/mol. The van der Waals surface area contributed by atoms with Gasteiger partial charge in [0, 0.05) is 32.0 Å². The van der Waals surface area contributed by atoms with Crippen LogP contribution in [0, 0.1) is 5.92 Å². The van der Waals surface area contributed by atoms with Gasteiger partial charge in [-0.3, -0.25) is 9.78 Å². The lowest BCUT2D eigenvalue weighted by Gasteiger charge is -2.21. The minimum atomic E-state index is 0.0112. The fourth-order valence-electron chi connectivity index (χ4n) is 2.29. The summed E-state index contributed by atoms with van der Waals surface area (Å²) in [6.45, 7) is 8.43. The van der Waals surface area contributed by atoms with E-state index in [9.17, 15) is 4.79 Å². The molecule has 0 bridgehead atoms. The van der Waals surface area contributed by atoms with Crippen molar-refractivity contribution in [1.82, 2.24) is 9.88 Å². The van der Waals surface area contributed by atoms with E-state index in [2.05, 4.69) is 24.1 Å². The molecule has 0 saturated carbocycles. The Balaban J connectivity index is 2.09. The van der Waals surface area contributed by atoms with E-state index >= 15 is 0 Å². The van der Waals surface area contributed by atoms with Crippen LogP contribution in [0.2, 0.25) is 0 Å². The summed E-state index contributed by atoms with van der Waals surface area (Å²) in [5, 5.41) is 3.31. The largest absolute Gasteiger partial charge is 0.384 e. The Kier molecular flexibility index (Phi) is 6.15. The zero-order valence-electron chi connectivity index (χ0n) is 14.1. The molecule has 0 saturated heterocycles. The maximum absolute atomic E-state index is 12.7. The number of hydrogen-bond acceptors (Lipinski definition) is 3. The van der Waals surface area contributed by atoms with Gasteiger partial charge in [-0.25, -0.2) is 0 Å². The summed E-state index contributed by atoms with van der Waals surface area (Å²) in [6.07, 6.45) is 3.39. The van der Waals surface area contributed by atoms with E-state index in [4.69, 9.17) is 0 Å². The molecule has 0 atom stereocenters. The van der Waals surface area contributed by atoms with Crippen molar-refractivity contribution in [3.05, 3.63) is 59.9 Å². The first-order valence-corrected chi connectivity index (χ1v) is 8.12. The van der Waals surface area contributed by atoms with Gasteiger partial charge in [0.15, 0.2) is 0 Å². The van der Waals surface area contributed by atoms with E-state index in [1.165, 1.54) is 0 Å². The van der Waals surface area contributed by atoms with Crippen LogP contribution in [0.5, 0.6) is 0 Å². The summed E-state index contributed by atoms with van der Waals surface area (Å²) < 4.78 is 0. The van der Waals surface area contributed by atoms with E-state index in [1.807, 2.05) is 48.2 Å². The smallest absolute Gasteiger partial charge is 0.255 e. The molecule has 0 radical (unpaired) electrons. The van der Waals surface area contributed by atoms with Gasteiger partial charge in [-0.15, -0.1) is 0 Å². The Morgan fingerprint density at radius 2 is 1.96 bits per heavy atom. The Morgan fingerprint density at radius 1 is 1.22 bits per heavy atom. The Hall–Kier alpha value is -2.36. The van der Waals surface area contributed by atoms with Crippen molar-refractivity contribution in [3.8, 4) is 0 Å². The highest BCUT2D eigenvalue weighted by Gasteiger charge is 2.15. The third-order valence-electron chi connectivity index (χ3n) is 3.58. The molecule has 0 aliphatic heterocycles. The zero-order valence-corrected chi connectivity index (χ0v) is 14.1. The van der Waals surface area contributed by atoms with Crippen LogP contribution in [-0.2, 0) is 6.54 Å². The third kappa shape index (κ3) is 5.09. The van der Waals surface area contributed by atoms with Crippen LogP contribution < -0.4 is 5.32 Å². The van der Waals surface area contributed by atoms with Gasteiger partial charge in [-0.05, 0) is 24.5 Å². The minimum absolute atomic E-state index is 0.0112. The lowest BCUT2D eigenvalue weighted by molar-refractivity contribution is 0.0752. The molecule has 2 rings (SSSR count). The van der Waals surface area contributed by atoms with Crippen LogP contribution >= 0.6 is 0 Å². The second-order valence-electron chi connectivity index (χ2n) is 6.04. The first kappa shape index (κ1) is 17.0. The number of pyridine rings is 1. The molecule has 122 valence electrons. The van der Waals surface area contributed by atoms with Crippen molar-refractivity contribution in [1.29, 1.82) is 0 Å². The molecular formula is C19H25N3O. The second kappa shape index (κ2) is 8.32. The molecule has 1 aromatic heterocycles. The summed E-state index contributed by atoms with van der Waals surface area (Å²) in [7, 11) is 0. The fraction of sp³-hybridized carbons (Fsp3) is 0.368. The number of anilines is 1. The summed E-state index contributed by atoms with van der Waals surface area (Å²) in [6, 6.07) is 11.9. The van der Waals surface area contributed by atoms with Crippen molar-refractivity contribution in [2.75, 3.05) is 18.4 Å². The van der Waals surface area contributed by atoms with E-state index in [1.54, 1.807) is 12.4 Å². The predicted octanol–water partition coefficient (Wildman–Crippen LogP) is 3.81. The molecule has 4 nitrogen and oxygen atoms in total. The molecule has 1 amide bonds. The van der Waals surface area contributed by atoms with Gasteiger partial charge in [0.2, 0.25) is 0 Å². The van der Waals surface area contributed by atoms with Crippen molar-refractivity contribution >= 4 is 11.6 Å². The van der Waals surface area contributed by atoms with Crippen LogP contribution in [0.15, 0.2) is 48.8 Å². The van der Waals surface area contributed by atoms with E-state index in [0.29, 0.717) is 24.6 Å². The van der Waals surface area contributed by atoms with Gasteiger partial charge < -0.3 is 10.2 Å². The number of carbonyl (C=O) groups excluding carboxylic acids is 1. The van der Waals surface area contributed by atoms with Crippen LogP contribution in [0.1, 0.15) is 36.7 Å². The number of aromatic nitrogens is 1. The molecule has 0 aliphatic rings. The van der Waals surface area contributed by atoms with Crippen LogP contribution in [0.4, 0.5) is 5.69 Å². The van der Waals surface area contributed by atoms with Gasteiger partial charge in [0.25, 0.3) is 5.91 Å². The van der Waals surface area contributed by atoms with Gasteiger partial charge in [-0.2, -0.15) is 0 Å². The van der Waals surface area contributed by atoms with Gasteiger partial charge >= 0.3 is 0 Å². The Bertz CT molecular complexity index is 626. The van der Waals surface area contributed by atoms with Crippen LogP contribution in [0.3, 0.4) is 0 Å². The molecule has 2 aromatic rings. The normalized spacial score (nSPS) is 10.6. The topological polar surface area (TPSA) is 45.2 Å². The lowest BCUT2D eigenvalue weighted by Crippen LogP contribution is -2.30. The Morgan fingerprint density at radius 3 is 2.61 bits per heavy atom. The summed E-state index contributed by atoms with van der Waals surface area (Å²) in [4.78, 5) is 18.8. The number of nitrogens with zero attached hydrogens (tertiary/aromatic N) is 2. The molecule has 0 unspecified atom stereocenters. The number of benzene rings is 1. The molecule has 4 heteroatoms. The number of carbonyl (C=O) groups is 1. The van der Waals surface area contributed by atoms with E-state index in [-0.39, 0.29) is 5.91 Å². The average Bonchev–Trinajstić information content (AvgIpc) is 2.58. The highest BCUT2D eigenvalue weighted by atomic mass is 16.2. The van der Waals surface area contributed by atoms with Crippen molar-refractivity contribution in [2.24, 2.45) is 5.92 Å². The predicted molar refractivity (Wildman–Crippen MR) is 94.4 cm³/mol. The minimum Gasteiger partial charge on any atom is -0.384 e. The highest BCUT2D eigenvalue weighted by Crippen LogP contribution is 2.13. The van der Waals surface area contributed by atoms with E-state index < -0.39 is 0 Å². The van der Waals surface area contributed by atoms with Crippen molar-refractivity contribution in [3.63, 3.8) is 0 Å². The second-order valence-corrected chi connectivity index (χ2v) is 6.04. The van der Waals surface area contributed by atoms with Crippen molar-refractivity contribution < 1.29 is 4.79 Å². The molecule has 1 heterocycles. The molecule has 0 fully saturated rings. The zero-order chi connectivity index (χ0) is 16.7. The van der Waals surface area contributed by atoms with Crippen LogP contribution in [0.25, 0.3) is 0 Å². The first-order chi connectivity index (χ1) is 11.1. The van der Waals surface area contributed by atoms with Gasteiger partial charge in [0.05, 0.1) is 11.3 Å². The molecule has 0 spiro atoms. The maximum atomic E-state index is 12.7. The Labute approximate surface area is 138 Å². The maximum Gasteiger partial charge on any atom is 0.255 e. The number of rotatable bonds is 7. The third-order valence-corrected chi connectivity index (χ3v) is 3.58. The summed E-state index contributed by atoms with van der Waals surface area (Å²) in [5.74, 6) is 0.552. The summed E-state index contributed by atoms with van der Waals surface area (Å²) in [5.41, 5.74) is 2.64. The van der Waals surface area contributed by atoms with Crippen LogP contribution in [-0.4, -0.2) is 28.9 Å². The standard InChI is InChI=1S/C19H25N3O/c1-4-22(14-16-8-6-5-7-9-16)19(23)17-10-18(13-20-12-17)21-11-15(2)3/h5-10,12-13,15,21H,4,11,14H2,1-3H3. The SMILES string of the molecule is CCN(Cc1ccccc1)C(=O)c1cncc(NCC(C)C)c1. The fourth-order valence-corrected chi connectivity index (χ4v) is 2.29. The molecule has 0 aliphatic carbocycles. The molecule has 23 heavy (non-hydrogen) atoms. The van der Waals surface area contributed by atoms with Gasteiger partial charge in [-0.1, -0.05) is 44.2 Å². The number of nitrogens with one attached hydrogen (secondary N) is 1. The quantitative estimate of drug-likeness (QED) is 0.845. The lowest BCUT2D eigenvalue weighted by atomic mass is 10.1. The summed E-state index contributed by atoms with van der Waals surface area (Å²) >= 11 is 0. The van der Waals surface area contributed by atoms with E-state index in [0.717, 1.165) is 17.8 Å². The molecular weight excluding hydrogens is 286 g/mol. The molecule has 1 N–H and O–H groups in total. The number of hydrogen-bond donors (Lipinski definition) is 1. The first-order valence-electron chi connectivity index (χ1n) is 8.12.